The average Bonchev–Trinajstić information content (AvgIpc) is 3.31. The molecule has 0 saturated carbocycles. The molecule has 0 aliphatic carbocycles. The van der Waals surface area contributed by atoms with E-state index in [1.165, 1.54) is 37.4 Å². The van der Waals surface area contributed by atoms with Crippen LogP contribution >= 0.6 is 15.9 Å². The van der Waals surface area contributed by atoms with Crippen molar-refractivity contribution < 1.29 is 27.5 Å². The molecule has 0 spiro atoms. The first kappa shape index (κ1) is 26.3. The van der Waals surface area contributed by atoms with Crippen molar-refractivity contribution in [1.82, 2.24) is 9.73 Å². The number of fused-ring (bicyclic) bond motifs is 1. The summed E-state index contributed by atoms with van der Waals surface area (Å²) in [6.45, 7) is 0.991. The van der Waals surface area contributed by atoms with Crippen LogP contribution in [0.25, 0.3) is 0 Å². The number of nitrogens with one attached hydrogen (secondary N) is 2. The fourth-order valence-electron chi connectivity index (χ4n) is 3.48. The predicted molar refractivity (Wildman–Crippen MR) is 141 cm³/mol. The Labute approximate surface area is 222 Å². The van der Waals surface area contributed by atoms with Crippen LogP contribution in [-0.2, 0) is 26.2 Å². The molecule has 1 aliphatic heterocycles. The molecule has 12 heteroatoms. The number of hydrazone groups is 1. The number of hydrogen-bond acceptors (Lipinski definition) is 7. The van der Waals surface area contributed by atoms with Gasteiger partial charge in [0.25, 0.3) is 5.91 Å². The number of carbonyl (C=O) groups excluding carboxylic acids is 2. The number of amides is 2. The summed E-state index contributed by atoms with van der Waals surface area (Å²) in [7, 11) is -4.06. The van der Waals surface area contributed by atoms with Gasteiger partial charge in [-0.3, -0.25) is 9.59 Å². The van der Waals surface area contributed by atoms with Gasteiger partial charge in [0.1, 0.15) is 0 Å². The molecule has 10 nitrogen and oxygen atoms in total. The van der Waals surface area contributed by atoms with E-state index in [0.717, 1.165) is 4.31 Å². The van der Waals surface area contributed by atoms with E-state index in [1.54, 1.807) is 36.4 Å². The highest BCUT2D eigenvalue weighted by Crippen LogP contribution is 2.36. The van der Waals surface area contributed by atoms with E-state index in [1.807, 2.05) is 6.07 Å². The van der Waals surface area contributed by atoms with Gasteiger partial charge in [0.05, 0.1) is 17.7 Å². The molecular formula is C25H23BrN4O6S. The summed E-state index contributed by atoms with van der Waals surface area (Å²) >= 11 is 3.41. The molecule has 2 N–H and O–H groups in total. The minimum Gasteiger partial charge on any atom is -0.454 e. The molecular weight excluding hydrogens is 564 g/mol. The topological polar surface area (TPSA) is 126 Å². The normalized spacial score (nSPS) is 12.6. The van der Waals surface area contributed by atoms with Crippen molar-refractivity contribution in [2.45, 2.75) is 18.4 Å². The van der Waals surface area contributed by atoms with Crippen LogP contribution in [0, 0.1) is 0 Å². The van der Waals surface area contributed by atoms with Gasteiger partial charge in [-0.2, -0.15) is 9.41 Å². The summed E-state index contributed by atoms with van der Waals surface area (Å²) in [5, 5.41) is 6.56. The van der Waals surface area contributed by atoms with E-state index < -0.39 is 22.5 Å². The molecule has 2 amide bonds. The minimum atomic E-state index is -4.06. The minimum absolute atomic E-state index is 0.0156. The second kappa shape index (κ2) is 11.5. The molecule has 0 saturated heterocycles. The number of hydrogen-bond donors (Lipinski definition) is 2. The van der Waals surface area contributed by atoms with E-state index in [0.29, 0.717) is 32.8 Å². The van der Waals surface area contributed by atoms with Crippen LogP contribution in [0.4, 0.5) is 5.69 Å². The molecule has 0 unspecified atom stereocenters. The van der Waals surface area contributed by atoms with Crippen molar-refractivity contribution in [1.29, 1.82) is 0 Å². The maximum absolute atomic E-state index is 13.4. The van der Waals surface area contributed by atoms with Crippen molar-refractivity contribution in [2.24, 2.45) is 5.10 Å². The van der Waals surface area contributed by atoms with Crippen molar-refractivity contribution >= 4 is 49.7 Å². The number of nitrogens with zero attached hydrogens (tertiary/aromatic N) is 2. The summed E-state index contributed by atoms with van der Waals surface area (Å²) in [4.78, 5) is 24.0. The van der Waals surface area contributed by atoms with Crippen LogP contribution < -0.4 is 20.2 Å². The fourth-order valence-corrected chi connectivity index (χ4v) is 5.29. The van der Waals surface area contributed by atoms with Crippen LogP contribution in [-0.4, -0.2) is 44.1 Å². The highest BCUT2D eigenvalue weighted by molar-refractivity contribution is 9.10. The van der Waals surface area contributed by atoms with Crippen LogP contribution in [0.5, 0.6) is 11.5 Å². The Kier molecular flexibility index (Phi) is 8.21. The van der Waals surface area contributed by atoms with Crippen LogP contribution in [0.1, 0.15) is 18.1 Å². The lowest BCUT2D eigenvalue weighted by Crippen LogP contribution is -2.39. The molecule has 192 valence electrons. The van der Waals surface area contributed by atoms with E-state index in [2.05, 4.69) is 31.8 Å². The van der Waals surface area contributed by atoms with Gasteiger partial charge in [-0.15, -0.1) is 0 Å². The van der Waals surface area contributed by atoms with Gasteiger partial charge in [0.15, 0.2) is 11.5 Å². The molecule has 3 aromatic carbocycles. The number of rotatable bonds is 9. The molecule has 0 fully saturated rings. The maximum atomic E-state index is 13.4. The third-order valence-corrected chi connectivity index (χ3v) is 7.71. The largest absolute Gasteiger partial charge is 0.454 e. The number of benzene rings is 3. The smallest absolute Gasteiger partial charge is 0.255 e. The highest BCUT2D eigenvalue weighted by atomic mass is 79.9. The molecule has 1 aliphatic rings. The lowest BCUT2D eigenvalue weighted by atomic mass is 10.2. The van der Waals surface area contributed by atoms with Crippen molar-refractivity contribution in [2.75, 3.05) is 18.7 Å². The Hall–Kier alpha value is -3.74. The number of anilines is 1. The molecule has 1 heterocycles. The zero-order valence-electron chi connectivity index (χ0n) is 19.7. The van der Waals surface area contributed by atoms with Crippen molar-refractivity contribution in [3.8, 4) is 11.5 Å². The van der Waals surface area contributed by atoms with Gasteiger partial charge in [-0.1, -0.05) is 30.3 Å². The van der Waals surface area contributed by atoms with Crippen LogP contribution in [0.15, 0.2) is 81.2 Å². The number of carbonyl (C=O) groups is 2. The number of halogens is 1. The summed E-state index contributed by atoms with van der Waals surface area (Å²) in [5.74, 6) is 0.259. The second-order valence-electron chi connectivity index (χ2n) is 7.98. The van der Waals surface area contributed by atoms with Crippen molar-refractivity contribution in [3.05, 3.63) is 82.3 Å². The Morgan fingerprint density at radius 1 is 1.05 bits per heavy atom. The first-order valence-electron chi connectivity index (χ1n) is 11.0. The van der Waals surface area contributed by atoms with Gasteiger partial charge in [-0.05, 0) is 57.9 Å². The monoisotopic (exact) mass is 586 g/mol. The van der Waals surface area contributed by atoms with E-state index in [4.69, 9.17) is 9.47 Å². The summed E-state index contributed by atoms with van der Waals surface area (Å²) in [5.41, 5.74) is 4.19. The van der Waals surface area contributed by atoms with Gasteiger partial charge in [-0.25, -0.2) is 13.8 Å². The van der Waals surface area contributed by atoms with Crippen LogP contribution in [0.2, 0.25) is 0 Å². The van der Waals surface area contributed by atoms with Gasteiger partial charge < -0.3 is 14.8 Å². The lowest BCUT2D eigenvalue weighted by molar-refractivity contribution is -0.121. The zero-order chi connectivity index (χ0) is 26.4. The lowest BCUT2D eigenvalue weighted by Gasteiger charge is -2.21. The molecule has 0 bridgehead atoms. The van der Waals surface area contributed by atoms with E-state index >= 15 is 0 Å². The standard InChI is InChI=1S/C25H23BrN4O6S/c1-17(31)28-20-7-9-21(10-8-20)37(33,34)30(14-18-5-3-2-4-6-18)15-25(32)29-27-13-19-11-23-24(12-22(19)26)36-16-35-23/h2-13H,14-16H2,1H3,(H,28,31)(H,29,32)/b27-13+. The molecule has 0 atom stereocenters. The Balaban J connectivity index is 1.50. The average molecular weight is 587 g/mol. The third kappa shape index (κ3) is 6.73. The SMILES string of the molecule is CC(=O)Nc1ccc(S(=O)(=O)N(CC(=O)N/N=C/c2cc3c(cc2Br)OCO3)Cc2ccccc2)cc1. The zero-order valence-corrected chi connectivity index (χ0v) is 22.1. The third-order valence-electron chi connectivity index (χ3n) is 5.22. The Morgan fingerprint density at radius 3 is 2.41 bits per heavy atom. The second-order valence-corrected chi connectivity index (χ2v) is 10.8. The molecule has 3 aromatic rings. The Morgan fingerprint density at radius 2 is 1.73 bits per heavy atom. The maximum Gasteiger partial charge on any atom is 0.255 e. The predicted octanol–water partition coefficient (Wildman–Crippen LogP) is 3.48. The number of sulfonamides is 1. The molecule has 0 aromatic heterocycles. The van der Waals surface area contributed by atoms with Gasteiger partial charge in [0.2, 0.25) is 22.7 Å². The molecule has 37 heavy (non-hydrogen) atoms. The first-order valence-corrected chi connectivity index (χ1v) is 13.3. The van der Waals surface area contributed by atoms with E-state index in [9.17, 15) is 18.0 Å². The molecule has 0 radical (unpaired) electrons. The summed E-state index contributed by atoms with van der Waals surface area (Å²) in [6.07, 6.45) is 1.42. The Bertz CT molecular complexity index is 1430. The van der Waals surface area contributed by atoms with E-state index in [-0.39, 0.29) is 24.1 Å². The van der Waals surface area contributed by atoms with Crippen molar-refractivity contribution in [3.63, 3.8) is 0 Å². The van der Waals surface area contributed by atoms with Gasteiger partial charge in [0, 0.05) is 29.2 Å². The number of ether oxygens (including phenoxy) is 2. The highest BCUT2D eigenvalue weighted by Gasteiger charge is 2.27. The summed E-state index contributed by atoms with van der Waals surface area (Å²) < 4.78 is 39.3. The summed E-state index contributed by atoms with van der Waals surface area (Å²) in [6, 6.07) is 18.1. The first-order chi connectivity index (χ1) is 17.7. The quantitative estimate of drug-likeness (QED) is 0.292. The van der Waals surface area contributed by atoms with Crippen LogP contribution in [0.3, 0.4) is 0 Å². The van der Waals surface area contributed by atoms with Gasteiger partial charge >= 0.3 is 0 Å². The fraction of sp³-hybridized carbons (Fsp3) is 0.160. The molecule has 4 rings (SSSR count).